The molecule has 1 heterocycles. The molecule has 3 aromatic rings. The van der Waals surface area contributed by atoms with E-state index in [0.29, 0.717) is 6.07 Å². The molecule has 5 nitrogen and oxygen atoms in total. The zero-order valence-corrected chi connectivity index (χ0v) is 16.4. The summed E-state index contributed by atoms with van der Waals surface area (Å²) in [4.78, 5) is 16.5. The zero-order chi connectivity index (χ0) is 21.8. The Bertz CT molecular complexity index is 1090. The second-order valence-corrected chi connectivity index (χ2v) is 6.80. The second-order valence-electron chi connectivity index (χ2n) is 6.39. The number of nitrogens with one attached hydrogen (secondary N) is 1. The fraction of sp³-hybridized carbons (Fsp3) is 0.143. The predicted molar refractivity (Wildman–Crippen MR) is 106 cm³/mol. The third-order valence-corrected chi connectivity index (χ3v) is 4.32. The molecule has 0 aliphatic rings. The minimum absolute atomic E-state index is 0.0173. The smallest absolute Gasteiger partial charge is 0.229 e. The Balaban J connectivity index is 2.04. The third-order valence-electron chi connectivity index (χ3n) is 3.99. The van der Waals surface area contributed by atoms with Crippen molar-refractivity contribution < 1.29 is 27.8 Å². The average molecular weight is 437 g/mol. The van der Waals surface area contributed by atoms with Crippen LogP contribution in [0.3, 0.4) is 0 Å². The number of rotatable bonds is 7. The first kappa shape index (κ1) is 21.6. The first-order valence-corrected chi connectivity index (χ1v) is 9.18. The summed E-state index contributed by atoms with van der Waals surface area (Å²) < 4.78 is 47.0. The summed E-state index contributed by atoms with van der Waals surface area (Å²) in [7, 11) is 0. The van der Waals surface area contributed by atoms with E-state index in [9.17, 15) is 23.1 Å². The molecule has 3 rings (SSSR count). The molecule has 2 N–H and O–H groups in total. The molecule has 0 bridgehead atoms. The van der Waals surface area contributed by atoms with E-state index in [2.05, 4.69) is 10.3 Å². The van der Waals surface area contributed by atoms with Crippen molar-refractivity contribution in [1.29, 1.82) is 0 Å². The Labute approximate surface area is 175 Å². The van der Waals surface area contributed by atoms with Gasteiger partial charge < -0.3 is 15.2 Å². The monoisotopic (exact) mass is 436 g/mol. The molecule has 0 unspecified atom stereocenters. The standard InChI is InChI=1S/C21H16ClF3N2O3/c1-11(28)10-26-16-9-18(30-17-7-6-12(23)8-15(17)24)27-21(25)19(16)20(29)13-4-2-3-5-14(13)22/h2-9,11,28H,10H2,1H3,(H,26,27)/t11-/m0/s1. The fourth-order valence-corrected chi connectivity index (χ4v) is 2.83. The van der Waals surface area contributed by atoms with Gasteiger partial charge in [-0.2, -0.15) is 9.37 Å². The number of aliphatic hydroxyl groups is 1. The van der Waals surface area contributed by atoms with Gasteiger partial charge in [0, 0.05) is 24.2 Å². The molecule has 0 spiro atoms. The van der Waals surface area contributed by atoms with Gasteiger partial charge in [-0.1, -0.05) is 23.7 Å². The SMILES string of the molecule is C[C@H](O)CNc1cc(Oc2ccc(F)cc2F)nc(F)c1C(=O)c1ccccc1Cl. The summed E-state index contributed by atoms with van der Waals surface area (Å²) in [5, 5.41) is 12.4. The molecular weight excluding hydrogens is 421 g/mol. The highest BCUT2D eigenvalue weighted by Gasteiger charge is 2.24. The highest BCUT2D eigenvalue weighted by Crippen LogP contribution is 2.31. The fourth-order valence-electron chi connectivity index (χ4n) is 2.61. The van der Waals surface area contributed by atoms with Crippen molar-refractivity contribution in [2.75, 3.05) is 11.9 Å². The quantitative estimate of drug-likeness (QED) is 0.404. The second kappa shape index (κ2) is 9.15. The molecule has 0 aliphatic carbocycles. The molecule has 0 fully saturated rings. The van der Waals surface area contributed by atoms with E-state index < -0.39 is 35.0 Å². The van der Waals surface area contributed by atoms with Crippen LogP contribution in [0.2, 0.25) is 5.02 Å². The summed E-state index contributed by atoms with van der Waals surface area (Å²) >= 11 is 6.05. The van der Waals surface area contributed by atoms with Crippen LogP contribution in [0.5, 0.6) is 11.6 Å². The van der Waals surface area contributed by atoms with Crippen molar-refractivity contribution >= 4 is 23.1 Å². The van der Waals surface area contributed by atoms with Gasteiger partial charge in [0.05, 0.1) is 16.8 Å². The van der Waals surface area contributed by atoms with Crippen LogP contribution in [0, 0.1) is 17.6 Å². The summed E-state index contributed by atoms with van der Waals surface area (Å²) in [5.74, 6) is -4.49. The molecule has 2 aromatic carbocycles. The number of pyridine rings is 1. The van der Waals surface area contributed by atoms with Gasteiger partial charge in [-0.05, 0) is 31.2 Å². The Morgan fingerprint density at radius 1 is 1.20 bits per heavy atom. The number of anilines is 1. The van der Waals surface area contributed by atoms with Crippen molar-refractivity contribution in [2.24, 2.45) is 0 Å². The predicted octanol–water partition coefficient (Wildman–Crippen LogP) is 4.97. The molecular formula is C21H16ClF3N2O3. The zero-order valence-electron chi connectivity index (χ0n) is 15.6. The van der Waals surface area contributed by atoms with Gasteiger partial charge in [-0.3, -0.25) is 4.79 Å². The lowest BCUT2D eigenvalue weighted by Gasteiger charge is -2.15. The summed E-state index contributed by atoms with van der Waals surface area (Å²) in [5.41, 5.74) is -0.403. The van der Waals surface area contributed by atoms with E-state index in [0.717, 1.165) is 12.1 Å². The first-order valence-electron chi connectivity index (χ1n) is 8.81. The highest BCUT2D eigenvalue weighted by molar-refractivity contribution is 6.35. The van der Waals surface area contributed by atoms with Crippen molar-refractivity contribution in [3.63, 3.8) is 0 Å². The third kappa shape index (κ3) is 4.90. The minimum atomic E-state index is -1.19. The molecule has 0 aliphatic heterocycles. The van der Waals surface area contributed by atoms with Crippen LogP contribution in [-0.2, 0) is 0 Å². The number of hydrogen-bond donors (Lipinski definition) is 2. The van der Waals surface area contributed by atoms with E-state index >= 15 is 0 Å². The Morgan fingerprint density at radius 3 is 2.60 bits per heavy atom. The van der Waals surface area contributed by atoms with Crippen LogP contribution in [0.4, 0.5) is 18.9 Å². The maximum absolute atomic E-state index is 14.9. The van der Waals surface area contributed by atoms with Crippen LogP contribution in [0.25, 0.3) is 0 Å². The lowest BCUT2D eigenvalue weighted by Crippen LogP contribution is -2.19. The van der Waals surface area contributed by atoms with Crippen LogP contribution < -0.4 is 10.1 Å². The number of aromatic nitrogens is 1. The van der Waals surface area contributed by atoms with Gasteiger partial charge in [-0.25, -0.2) is 8.78 Å². The normalized spacial score (nSPS) is 11.8. The lowest BCUT2D eigenvalue weighted by atomic mass is 10.0. The van der Waals surface area contributed by atoms with Gasteiger partial charge >= 0.3 is 0 Å². The molecule has 0 saturated heterocycles. The summed E-state index contributed by atoms with van der Waals surface area (Å²) in [6, 6.07) is 9.88. The number of hydrogen-bond acceptors (Lipinski definition) is 5. The van der Waals surface area contributed by atoms with Gasteiger partial charge in [-0.15, -0.1) is 0 Å². The Kier molecular flexibility index (Phi) is 6.59. The number of aliphatic hydroxyl groups excluding tert-OH is 1. The molecule has 30 heavy (non-hydrogen) atoms. The van der Waals surface area contributed by atoms with E-state index in [-0.39, 0.29) is 34.4 Å². The van der Waals surface area contributed by atoms with Crippen LogP contribution in [0.15, 0.2) is 48.5 Å². The molecule has 0 amide bonds. The minimum Gasteiger partial charge on any atom is -0.436 e. The van der Waals surface area contributed by atoms with Crippen molar-refractivity contribution in [2.45, 2.75) is 13.0 Å². The van der Waals surface area contributed by atoms with Gasteiger partial charge in [0.25, 0.3) is 0 Å². The number of carbonyl (C=O) groups excluding carboxylic acids is 1. The van der Waals surface area contributed by atoms with Gasteiger partial charge in [0.1, 0.15) is 11.4 Å². The Morgan fingerprint density at radius 2 is 1.93 bits per heavy atom. The van der Waals surface area contributed by atoms with Gasteiger partial charge in [0.2, 0.25) is 17.6 Å². The highest BCUT2D eigenvalue weighted by atomic mass is 35.5. The number of halogens is 4. The molecule has 156 valence electrons. The summed E-state index contributed by atoms with van der Waals surface area (Å²) in [6.45, 7) is 1.47. The number of benzene rings is 2. The van der Waals surface area contributed by atoms with Crippen molar-refractivity contribution in [3.05, 3.63) is 82.3 Å². The first-order chi connectivity index (χ1) is 14.3. The van der Waals surface area contributed by atoms with Crippen LogP contribution >= 0.6 is 11.6 Å². The van der Waals surface area contributed by atoms with E-state index in [4.69, 9.17) is 16.3 Å². The lowest BCUT2D eigenvalue weighted by molar-refractivity contribution is 0.103. The van der Waals surface area contributed by atoms with Crippen LogP contribution in [-0.4, -0.2) is 28.5 Å². The van der Waals surface area contributed by atoms with Crippen molar-refractivity contribution in [1.82, 2.24) is 4.98 Å². The maximum Gasteiger partial charge on any atom is 0.229 e. The molecule has 0 saturated carbocycles. The molecule has 1 aromatic heterocycles. The summed E-state index contributed by atoms with van der Waals surface area (Å²) in [6.07, 6.45) is -0.816. The topological polar surface area (TPSA) is 71.4 Å². The molecule has 0 radical (unpaired) electrons. The maximum atomic E-state index is 14.9. The number of ether oxygens (including phenoxy) is 1. The largest absolute Gasteiger partial charge is 0.436 e. The van der Waals surface area contributed by atoms with Crippen LogP contribution in [0.1, 0.15) is 22.8 Å². The van der Waals surface area contributed by atoms with Crippen molar-refractivity contribution in [3.8, 4) is 11.6 Å². The average Bonchev–Trinajstić information content (AvgIpc) is 2.68. The van der Waals surface area contributed by atoms with E-state index in [1.54, 1.807) is 12.1 Å². The number of nitrogens with zero attached hydrogens (tertiary/aromatic N) is 1. The molecule has 1 atom stereocenters. The van der Waals surface area contributed by atoms with E-state index in [1.807, 2.05) is 0 Å². The Hall–Kier alpha value is -3.10. The van der Waals surface area contributed by atoms with Gasteiger partial charge in [0.15, 0.2) is 11.6 Å². The van der Waals surface area contributed by atoms with E-state index in [1.165, 1.54) is 25.1 Å². The molecule has 9 heteroatoms. The number of ketones is 1. The number of carbonyl (C=O) groups is 1.